The maximum absolute atomic E-state index is 12.6. The number of hydrogen-bond donors (Lipinski definition) is 1. The van der Waals surface area contributed by atoms with Gasteiger partial charge in [0.15, 0.2) is 0 Å². The van der Waals surface area contributed by atoms with Crippen molar-refractivity contribution in [2.24, 2.45) is 0 Å². The van der Waals surface area contributed by atoms with Gasteiger partial charge in [-0.1, -0.05) is 11.6 Å². The van der Waals surface area contributed by atoms with Gasteiger partial charge in [-0.05, 0) is 32.9 Å². The molecule has 0 aromatic heterocycles. The third kappa shape index (κ3) is 3.07. The van der Waals surface area contributed by atoms with Crippen LogP contribution in [0.1, 0.15) is 29.8 Å². The molecule has 19 heavy (non-hydrogen) atoms. The predicted molar refractivity (Wildman–Crippen MR) is 75.7 cm³/mol. The highest BCUT2D eigenvalue weighted by molar-refractivity contribution is 5.97. The van der Waals surface area contributed by atoms with Gasteiger partial charge in [-0.25, -0.2) is 0 Å². The highest BCUT2D eigenvalue weighted by Crippen LogP contribution is 2.23. The van der Waals surface area contributed by atoms with Crippen molar-refractivity contribution in [1.29, 1.82) is 0 Å². The average molecular weight is 262 g/mol. The zero-order chi connectivity index (χ0) is 14.0. The molecule has 1 saturated heterocycles. The molecular weight excluding hydrogens is 240 g/mol. The summed E-state index contributed by atoms with van der Waals surface area (Å²) in [6, 6.07) is 5.71. The Bertz CT molecular complexity index is 483. The van der Waals surface area contributed by atoms with Crippen LogP contribution in [-0.2, 0) is 0 Å². The number of piperazine rings is 1. The first-order chi connectivity index (χ1) is 8.93. The molecule has 104 valence electrons. The second kappa shape index (κ2) is 5.21. The minimum atomic E-state index is -0.0367. The van der Waals surface area contributed by atoms with Crippen LogP contribution in [0, 0.1) is 6.92 Å². The lowest BCUT2D eigenvalue weighted by Gasteiger charge is -2.39. The van der Waals surface area contributed by atoms with Gasteiger partial charge in [0.25, 0.3) is 5.91 Å². The number of nitrogens with one attached hydrogen (secondary N) is 1. The quantitative estimate of drug-likeness (QED) is 0.884. The van der Waals surface area contributed by atoms with E-state index in [1.165, 1.54) is 0 Å². The molecule has 4 heteroatoms. The summed E-state index contributed by atoms with van der Waals surface area (Å²) in [7, 11) is 1.60. The molecule has 0 unspecified atom stereocenters. The molecule has 4 nitrogen and oxygen atoms in total. The molecule has 1 aromatic carbocycles. The number of carbonyl (C=O) groups excluding carboxylic acids is 1. The lowest BCUT2D eigenvalue weighted by Crippen LogP contribution is -2.58. The van der Waals surface area contributed by atoms with E-state index in [4.69, 9.17) is 4.74 Å². The van der Waals surface area contributed by atoms with Gasteiger partial charge in [0.2, 0.25) is 0 Å². The van der Waals surface area contributed by atoms with Gasteiger partial charge in [0.05, 0.1) is 12.7 Å². The minimum Gasteiger partial charge on any atom is -0.496 e. The van der Waals surface area contributed by atoms with Gasteiger partial charge in [0.1, 0.15) is 5.75 Å². The van der Waals surface area contributed by atoms with E-state index < -0.39 is 0 Å². The summed E-state index contributed by atoms with van der Waals surface area (Å²) in [5, 5.41) is 3.41. The largest absolute Gasteiger partial charge is 0.496 e. The van der Waals surface area contributed by atoms with Crippen LogP contribution in [0.3, 0.4) is 0 Å². The van der Waals surface area contributed by atoms with Gasteiger partial charge < -0.3 is 15.0 Å². The SMILES string of the molecule is COc1ccc(C)cc1C(=O)N1CCNC(C)(C)C1. The van der Waals surface area contributed by atoms with Crippen molar-refractivity contribution >= 4 is 5.91 Å². The van der Waals surface area contributed by atoms with Crippen LogP contribution in [0.5, 0.6) is 5.75 Å². The second-order valence-electron chi connectivity index (χ2n) is 5.74. The summed E-state index contributed by atoms with van der Waals surface area (Å²) in [6.07, 6.45) is 0. The topological polar surface area (TPSA) is 41.6 Å². The number of benzene rings is 1. The van der Waals surface area contributed by atoms with Gasteiger partial charge in [-0.15, -0.1) is 0 Å². The molecule has 0 bridgehead atoms. The van der Waals surface area contributed by atoms with Crippen LogP contribution >= 0.6 is 0 Å². The Morgan fingerprint density at radius 2 is 2.16 bits per heavy atom. The fourth-order valence-corrected chi connectivity index (χ4v) is 2.47. The Labute approximate surface area is 114 Å². The second-order valence-corrected chi connectivity index (χ2v) is 5.74. The molecule has 1 aliphatic heterocycles. The molecule has 1 aliphatic rings. The van der Waals surface area contributed by atoms with Crippen LogP contribution in [0.2, 0.25) is 0 Å². The number of ether oxygens (including phenoxy) is 1. The zero-order valence-electron chi connectivity index (χ0n) is 12.1. The van der Waals surface area contributed by atoms with Gasteiger partial charge in [0, 0.05) is 25.2 Å². The fraction of sp³-hybridized carbons (Fsp3) is 0.533. The molecule has 1 amide bonds. The van der Waals surface area contributed by atoms with E-state index >= 15 is 0 Å². The van der Waals surface area contributed by atoms with Gasteiger partial charge in [-0.2, -0.15) is 0 Å². The van der Waals surface area contributed by atoms with Crippen molar-refractivity contribution in [1.82, 2.24) is 10.2 Å². The molecule has 1 aromatic rings. The molecule has 0 radical (unpaired) electrons. The van der Waals surface area contributed by atoms with Crippen LogP contribution in [-0.4, -0.2) is 43.1 Å². The van der Waals surface area contributed by atoms with Crippen molar-refractivity contribution in [2.75, 3.05) is 26.7 Å². The number of aryl methyl sites for hydroxylation is 1. The molecular formula is C15H22N2O2. The Balaban J connectivity index is 2.26. The van der Waals surface area contributed by atoms with Crippen molar-refractivity contribution in [3.05, 3.63) is 29.3 Å². The summed E-state index contributed by atoms with van der Waals surface area (Å²) >= 11 is 0. The van der Waals surface area contributed by atoms with Gasteiger partial charge >= 0.3 is 0 Å². The van der Waals surface area contributed by atoms with E-state index in [2.05, 4.69) is 19.2 Å². The predicted octanol–water partition coefficient (Wildman–Crippen LogP) is 1.83. The van der Waals surface area contributed by atoms with Crippen LogP contribution in [0.25, 0.3) is 0 Å². The first-order valence-electron chi connectivity index (χ1n) is 6.62. The van der Waals surface area contributed by atoms with E-state index in [9.17, 15) is 4.79 Å². The number of hydrogen-bond acceptors (Lipinski definition) is 3. The van der Waals surface area contributed by atoms with E-state index in [0.29, 0.717) is 17.9 Å². The lowest BCUT2D eigenvalue weighted by molar-refractivity contribution is 0.0648. The summed E-state index contributed by atoms with van der Waals surface area (Å²) < 4.78 is 5.30. The maximum atomic E-state index is 12.6. The molecule has 2 rings (SSSR count). The molecule has 0 spiro atoms. The number of carbonyl (C=O) groups is 1. The van der Waals surface area contributed by atoms with Crippen LogP contribution < -0.4 is 10.1 Å². The summed E-state index contributed by atoms with van der Waals surface area (Å²) in [6.45, 7) is 8.48. The molecule has 1 heterocycles. The van der Waals surface area contributed by atoms with E-state index in [1.54, 1.807) is 7.11 Å². The molecule has 1 fully saturated rings. The number of methoxy groups -OCH3 is 1. The number of nitrogens with zero attached hydrogens (tertiary/aromatic N) is 1. The minimum absolute atomic E-state index is 0.0367. The maximum Gasteiger partial charge on any atom is 0.257 e. The monoisotopic (exact) mass is 262 g/mol. The standard InChI is InChI=1S/C15H22N2O2/c1-11-5-6-13(19-4)12(9-11)14(18)17-8-7-16-15(2,3)10-17/h5-6,9,16H,7-8,10H2,1-4H3. The number of amides is 1. The fourth-order valence-electron chi connectivity index (χ4n) is 2.47. The Kier molecular flexibility index (Phi) is 3.80. The third-order valence-corrected chi connectivity index (χ3v) is 3.44. The van der Waals surface area contributed by atoms with Crippen molar-refractivity contribution in [3.8, 4) is 5.75 Å². The van der Waals surface area contributed by atoms with Gasteiger partial charge in [-0.3, -0.25) is 4.79 Å². The summed E-state index contributed by atoms with van der Waals surface area (Å²) in [5.41, 5.74) is 1.68. The highest BCUT2D eigenvalue weighted by Gasteiger charge is 2.30. The van der Waals surface area contributed by atoms with Crippen molar-refractivity contribution in [3.63, 3.8) is 0 Å². The highest BCUT2D eigenvalue weighted by atomic mass is 16.5. The van der Waals surface area contributed by atoms with Crippen LogP contribution in [0.15, 0.2) is 18.2 Å². The number of rotatable bonds is 2. The first-order valence-corrected chi connectivity index (χ1v) is 6.62. The Hall–Kier alpha value is -1.55. The van der Waals surface area contributed by atoms with Crippen molar-refractivity contribution < 1.29 is 9.53 Å². The molecule has 0 saturated carbocycles. The van der Waals surface area contributed by atoms with Crippen molar-refractivity contribution in [2.45, 2.75) is 26.3 Å². The zero-order valence-corrected chi connectivity index (χ0v) is 12.1. The first kappa shape index (κ1) is 13.9. The molecule has 1 N–H and O–H groups in total. The van der Waals surface area contributed by atoms with E-state index in [1.807, 2.05) is 30.0 Å². The summed E-state index contributed by atoms with van der Waals surface area (Å²) in [4.78, 5) is 14.5. The van der Waals surface area contributed by atoms with E-state index in [-0.39, 0.29) is 11.4 Å². The lowest BCUT2D eigenvalue weighted by atomic mass is 10.0. The Morgan fingerprint density at radius 1 is 1.42 bits per heavy atom. The molecule has 0 aliphatic carbocycles. The van der Waals surface area contributed by atoms with Crippen LogP contribution in [0.4, 0.5) is 0 Å². The normalized spacial score (nSPS) is 18.2. The summed E-state index contributed by atoms with van der Waals surface area (Å²) in [5.74, 6) is 0.696. The van der Waals surface area contributed by atoms with E-state index in [0.717, 1.165) is 18.7 Å². The molecule has 0 atom stereocenters. The average Bonchev–Trinajstić information content (AvgIpc) is 2.36. The smallest absolute Gasteiger partial charge is 0.257 e. The Morgan fingerprint density at radius 3 is 2.79 bits per heavy atom. The third-order valence-electron chi connectivity index (χ3n) is 3.44.